The maximum atomic E-state index is 13.6. The summed E-state index contributed by atoms with van der Waals surface area (Å²) in [4.78, 5) is 55.0. The topological polar surface area (TPSA) is 188 Å². The second kappa shape index (κ2) is 26.3. The number of rotatable bonds is 26. The Morgan fingerprint density at radius 1 is 0.821 bits per heavy atom. The van der Waals surface area contributed by atoms with Crippen LogP contribution in [0, 0.1) is 46.3 Å². The van der Waals surface area contributed by atoms with Gasteiger partial charge in [0.1, 0.15) is 29.1 Å². The van der Waals surface area contributed by atoms with Gasteiger partial charge in [-0.2, -0.15) is 11.8 Å². The van der Waals surface area contributed by atoms with E-state index in [-0.39, 0.29) is 45.1 Å². The molecular formula is C69H99N5O9S. The van der Waals surface area contributed by atoms with Crippen molar-refractivity contribution >= 4 is 41.3 Å². The number of nitrogens with one attached hydrogen (secondary N) is 4. The van der Waals surface area contributed by atoms with Gasteiger partial charge in [-0.15, -0.1) is 0 Å². The maximum Gasteiger partial charge on any atom is 0.407 e. The molecule has 2 heterocycles. The fourth-order valence-corrected chi connectivity index (χ4v) is 17.3. The quantitative estimate of drug-likeness (QED) is 0.0194. The zero-order valence-corrected chi connectivity index (χ0v) is 53.0. The molecule has 15 heteroatoms. The first-order valence-electron chi connectivity index (χ1n) is 32.0. The number of esters is 1. The van der Waals surface area contributed by atoms with Crippen molar-refractivity contribution in [3.05, 3.63) is 88.5 Å². The van der Waals surface area contributed by atoms with Crippen LogP contribution < -0.4 is 26.0 Å². The molecule has 14 nitrogen and oxygen atoms in total. The average Bonchev–Trinajstić information content (AvgIpc) is 1.50. The monoisotopic (exact) mass is 1170 g/mol. The Morgan fingerprint density at radius 3 is 2.25 bits per heavy atom. The number of benzene rings is 3. The standard InChI is InChI=1S/C69H99N5O9S/c1-11-62(78)74(42-66(7,8)84-37-36-70-43-73-47-20-24-56-52(39-47)63(79)83-69(56)57-25-21-48(75)40-59(57)82-60-41-49(76)22-26-58(60)69)65(5,6)31-14-12-13-18-61(77)71-34-35-72-64(80)81-50-29-32-67(9)46(38-50)19-23-51-54-28-27-53(45(4)17-15-16-44(2)3)68(54,10)33-30-55(51)67/h19-22,24-26,39-41,44-45,50-51,53-55,70,73,75-76H,11-18,23,27-38,42-43H2,1-10H3,(H,71,77)(H,72,80). The molecule has 8 unspecified atom stereocenters. The summed E-state index contributed by atoms with van der Waals surface area (Å²) in [5, 5.41) is 33.2. The van der Waals surface area contributed by atoms with Crippen LogP contribution in [0.5, 0.6) is 23.0 Å². The maximum absolute atomic E-state index is 13.6. The number of carbonyl (C=O) groups is 4. The van der Waals surface area contributed by atoms with E-state index in [0.29, 0.717) is 84.9 Å². The summed E-state index contributed by atoms with van der Waals surface area (Å²) >= 11 is 1.82. The van der Waals surface area contributed by atoms with Gasteiger partial charge in [0.2, 0.25) is 11.8 Å². The molecule has 0 bridgehead atoms. The third-order valence-corrected chi connectivity index (χ3v) is 22.1. The summed E-state index contributed by atoms with van der Waals surface area (Å²) in [6.07, 6.45) is 19.8. The zero-order valence-electron chi connectivity index (χ0n) is 52.2. The molecule has 4 aliphatic carbocycles. The molecule has 1 spiro atoms. The van der Waals surface area contributed by atoms with Crippen LogP contribution in [0.15, 0.2) is 66.2 Å². The predicted octanol–water partition coefficient (Wildman–Crippen LogP) is 14.4. The van der Waals surface area contributed by atoms with Crippen molar-refractivity contribution < 1.29 is 43.6 Å². The van der Waals surface area contributed by atoms with Crippen molar-refractivity contribution in [3.63, 3.8) is 0 Å². The molecule has 0 radical (unpaired) electrons. The molecule has 0 saturated heterocycles. The minimum Gasteiger partial charge on any atom is -0.508 e. The number of phenolic OH excluding ortho intramolecular Hbond substituents is 2. The molecule has 6 aliphatic rings. The average molecular weight is 1170 g/mol. The molecule has 460 valence electrons. The van der Waals surface area contributed by atoms with Gasteiger partial charge in [-0.3, -0.25) is 14.9 Å². The number of amides is 3. The van der Waals surface area contributed by atoms with Gasteiger partial charge in [0.05, 0.1) is 12.2 Å². The van der Waals surface area contributed by atoms with Crippen LogP contribution in [0.1, 0.15) is 205 Å². The van der Waals surface area contributed by atoms with Crippen molar-refractivity contribution in [2.24, 2.45) is 46.3 Å². The molecule has 8 atom stereocenters. The number of hydrogen-bond acceptors (Lipinski definition) is 12. The predicted molar refractivity (Wildman–Crippen MR) is 335 cm³/mol. The van der Waals surface area contributed by atoms with Gasteiger partial charge in [-0.1, -0.05) is 91.4 Å². The van der Waals surface area contributed by atoms with E-state index >= 15 is 0 Å². The summed E-state index contributed by atoms with van der Waals surface area (Å²) < 4.78 is 18.1. The van der Waals surface area contributed by atoms with Crippen molar-refractivity contribution in [2.45, 2.75) is 200 Å². The molecule has 9 rings (SSSR count). The van der Waals surface area contributed by atoms with Crippen molar-refractivity contribution in [3.8, 4) is 23.0 Å². The highest BCUT2D eigenvalue weighted by Gasteiger charge is 2.60. The second-order valence-electron chi connectivity index (χ2n) is 27.8. The summed E-state index contributed by atoms with van der Waals surface area (Å²) in [5.74, 6) is 5.90. The molecule has 84 heavy (non-hydrogen) atoms. The van der Waals surface area contributed by atoms with Crippen LogP contribution in [0.3, 0.4) is 0 Å². The van der Waals surface area contributed by atoms with E-state index in [2.05, 4.69) is 89.7 Å². The Labute approximate surface area is 505 Å². The lowest BCUT2D eigenvalue weighted by Gasteiger charge is -2.58. The van der Waals surface area contributed by atoms with E-state index in [1.807, 2.05) is 35.7 Å². The molecule has 3 aromatic carbocycles. The number of anilines is 1. The summed E-state index contributed by atoms with van der Waals surface area (Å²) in [6.45, 7) is 25.5. The number of phenols is 2. The minimum absolute atomic E-state index is 0.00121. The van der Waals surface area contributed by atoms with Gasteiger partial charge < -0.3 is 45.3 Å². The number of fused-ring (bicyclic) bond motifs is 11. The third kappa shape index (κ3) is 13.6. The molecule has 3 fully saturated rings. The van der Waals surface area contributed by atoms with E-state index < -0.39 is 17.7 Å². The Bertz CT molecular complexity index is 2840. The van der Waals surface area contributed by atoms with Gasteiger partial charge in [0.25, 0.3) is 0 Å². The number of unbranched alkanes of at least 4 members (excludes halogenated alkanes) is 2. The molecule has 6 N–H and O–H groups in total. The highest BCUT2D eigenvalue weighted by atomic mass is 32.2. The summed E-state index contributed by atoms with van der Waals surface area (Å²) in [6, 6.07) is 15.0. The largest absolute Gasteiger partial charge is 0.508 e. The van der Waals surface area contributed by atoms with Crippen LogP contribution in [0.4, 0.5) is 10.5 Å². The lowest BCUT2D eigenvalue weighted by atomic mass is 9.47. The zero-order chi connectivity index (χ0) is 60.2. The van der Waals surface area contributed by atoms with Gasteiger partial charge in [-0.25, -0.2) is 9.59 Å². The van der Waals surface area contributed by atoms with Crippen molar-refractivity contribution in [1.29, 1.82) is 0 Å². The first kappa shape index (κ1) is 63.1. The number of alkyl carbamates (subject to hydrolysis) is 1. The van der Waals surface area contributed by atoms with Gasteiger partial charge in [0.15, 0.2) is 5.60 Å². The van der Waals surface area contributed by atoms with Gasteiger partial charge in [0, 0.05) is 96.0 Å². The van der Waals surface area contributed by atoms with Crippen LogP contribution >= 0.6 is 11.8 Å². The number of thioether (sulfide) groups is 1. The van der Waals surface area contributed by atoms with E-state index in [1.165, 1.54) is 81.2 Å². The smallest absolute Gasteiger partial charge is 0.407 e. The van der Waals surface area contributed by atoms with Crippen molar-refractivity contribution in [1.82, 2.24) is 20.9 Å². The van der Waals surface area contributed by atoms with Crippen LogP contribution in [-0.2, 0) is 24.7 Å². The van der Waals surface area contributed by atoms with Crippen LogP contribution in [0.2, 0.25) is 0 Å². The number of hydrogen-bond donors (Lipinski definition) is 6. The molecule has 3 amide bonds. The normalized spacial score (nSPS) is 24.9. The fraction of sp³-hybridized carbons (Fsp3) is 0.652. The first-order valence-corrected chi connectivity index (χ1v) is 33.0. The molecule has 3 saturated carbocycles. The van der Waals surface area contributed by atoms with Gasteiger partial charge >= 0.3 is 12.1 Å². The van der Waals surface area contributed by atoms with Gasteiger partial charge in [-0.05, 0) is 168 Å². The number of aromatic hydroxyl groups is 2. The molecular weight excluding hydrogens is 1070 g/mol. The number of allylic oxidation sites excluding steroid dienone is 1. The number of carbonyl (C=O) groups excluding carboxylic acids is 4. The Balaban J connectivity index is 0.643. The Morgan fingerprint density at radius 2 is 1.54 bits per heavy atom. The van der Waals surface area contributed by atoms with E-state index in [9.17, 15) is 29.4 Å². The lowest BCUT2D eigenvalue weighted by molar-refractivity contribution is -0.137. The van der Waals surface area contributed by atoms with E-state index in [4.69, 9.17) is 14.2 Å². The van der Waals surface area contributed by atoms with E-state index in [0.717, 1.165) is 91.9 Å². The highest BCUT2D eigenvalue weighted by molar-refractivity contribution is 8.00. The molecule has 2 aliphatic heterocycles. The van der Waals surface area contributed by atoms with Crippen LogP contribution in [0.25, 0.3) is 0 Å². The third-order valence-electron chi connectivity index (χ3n) is 20.8. The first-order chi connectivity index (χ1) is 40.0. The summed E-state index contributed by atoms with van der Waals surface area (Å²) in [5.41, 5.74) is 3.47. The molecule has 0 aromatic heterocycles. The Kier molecular flexibility index (Phi) is 19.7. The summed E-state index contributed by atoms with van der Waals surface area (Å²) in [7, 11) is 0. The number of ether oxygens (including phenoxy) is 3. The highest BCUT2D eigenvalue weighted by Crippen LogP contribution is 2.67. The lowest BCUT2D eigenvalue weighted by Crippen LogP contribution is -2.52. The van der Waals surface area contributed by atoms with E-state index in [1.54, 1.807) is 18.2 Å². The van der Waals surface area contributed by atoms with Crippen molar-refractivity contribution in [2.75, 3.05) is 43.9 Å². The molecule has 3 aromatic rings. The van der Waals surface area contributed by atoms with Crippen LogP contribution in [-0.4, -0.2) is 94.0 Å². The Hall–Kier alpha value is -5.41. The second-order valence-corrected chi connectivity index (χ2v) is 29.6. The SMILES string of the molecule is CCC(=O)N(CC(C)(C)SCCNCNc1ccc2c(c1)C(=O)OC21c2ccc(O)cc2Oc2cc(O)ccc21)C(C)(C)CCCCCC(=O)NCCNC(=O)OC1CCC2(C)C(=CCC3C2CCC2(C)C(C(C)CCCC(C)C)CCC32)C1. The number of nitrogens with zero attached hydrogens (tertiary/aromatic N) is 1. The minimum atomic E-state index is -1.31. The fourth-order valence-electron chi connectivity index (χ4n) is 16.3.